The van der Waals surface area contributed by atoms with Gasteiger partial charge in [0.1, 0.15) is 5.75 Å². The van der Waals surface area contributed by atoms with Crippen molar-refractivity contribution in [1.29, 1.82) is 0 Å². The molecule has 166 valence electrons. The number of carbonyl (C=O) groups excluding carboxylic acids is 2. The van der Waals surface area contributed by atoms with Crippen LogP contribution in [0, 0.1) is 11.3 Å². The van der Waals surface area contributed by atoms with Crippen LogP contribution in [0.2, 0.25) is 0 Å². The summed E-state index contributed by atoms with van der Waals surface area (Å²) in [5, 5.41) is 5.91. The fraction of sp³-hybridized carbons (Fsp3) is 0.619. The van der Waals surface area contributed by atoms with Crippen LogP contribution in [0.3, 0.4) is 0 Å². The molecule has 4 N–H and O–H groups in total. The summed E-state index contributed by atoms with van der Waals surface area (Å²) in [5.74, 6) is 1.60. The molecule has 9 heteroatoms. The van der Waals surface area contributed by atoms with E-state index in [2.05, 4.69) is 10.6 Å². The second-order valence-corrected chi connectivity index (χ2v) is 11.3. The van der Waals surface area contributed by atoms with E-state index in [0.717, 1.165) is 37.0 Å². The minimum atomic E-state index is -2.47. The number of ether oxygens (including phenoxy) is 1. The first-order valence-corrected chi connectivity index (χ1v) is 12.4. The molecule has 1 saturated heterocycles. The van der Waals surface area contributed by atoms with Gasteiger partial charge in [0.15, 0.2) is 0 Å². The average Bonchev–Trinajstić information content (AvgIpc) is 2.67. The highest BCUT2D eigenvalue weighted by atomic mass is 32.3. The quantitative estimate of drug-likeness (QED) is 0.566. The molecule has 1 heterocycles. The minimum absolute atomic E-state index is 0.0507. The predicted molar refractivity (Wildman–Crippen MR) is 116 cm³/mol. The van der Waals surface area contributed by atoms with Gasteiger partial charge in [0, 0.05) is 31.6 Å². The van der Waals surface area contributed by atoms with Gasteiger partial charge in [-0.2, -0.15) is 10.6 Å². The van der Waals surface area contributed by atoms with Crippen molar-refractivity contribution in [2.45, 2.75) is 38.3 Å². The van der Waals surface area contributed by atoms with E-state index in [0.29, 0.717) is 31.1 Å². The molecule has 3 fully saturated rings. The summed E-state index contributed by atoms with van der Waals surface area (Å²) < 4.78 is 24.5. The van der Waals surface area contributed by atoms with E-state index in [4.69, 9.17) is 4.74 Å². The number of hydrogen-bond donors (Lipinski definition) is 4. The molecule has 0 radical (unpaired) electrons. The fourth-order valence-corrected chi connectivity index (χ4v) is 6.18. The third-order valence-electron chi connectivity index (χ3n) is 6.70. The molecule has 0 aromatic heterocycles. The zero-order valence-electron chi connectivity index (χ0n) is 17.3. The van der Waals surface area contributed by atoms with E-state index in [1.807, 2.05) is 24.3 Å². The molecule has 30 heavy (non-hydrogen) atoms. The van der Waals surface area contributed by atoms with Crippen molar-refractivity contribution < 1.29 is 23.4 Å². The van der Waals surface area contributed by atoms with Gasteiger partial charge in [-0.15, -0.1) is 0 Å². The lowest BCUT2D eigenvalue weighted by Gasteiger charge is -2.58. The van der Waals surface area contributed by atoms with Gasteiger partial charge in [0.25, 0.3) is 0 Å². The van der Waals surface area contributed by atoms with Crippen LogP contribution >= 0.6 is 10.6 Å². The van der Waals surface area contributed by atoms with E-state index < -0.39 is 10.6 Å². The Hall–Kier alpha value is -1.97. The first-order valence-electron chi connectivity index (χ1n) is 10.5. The summed E-state index contributed by atoms with van der Waals surface area (Å²) in [5.41, 5.74) is 1.21. The Morgan fingerprint density at radius 1 is 1.13 bits per heavy atom. The van der Waals surface area contributed by atoms with Crippen molar-refractivity contribution in [1.82, 2.24) is 15.5 Å². The Kier molecular flexibility index (Phi) is 5.87. The molecule has 1 aliphatic heterocycles. The molecule has 2 saturated carbocycles. The number of carbonyl (C=O) groups is 2. The van der Waals surface area contributed by atoms with Gasteiger partial charge in [-0.05, 0) is 48.8 Å². The van der Waals surface area contributed by atoms with Crippen molar-refractivity contribution >= 4 is 22.5 Å². The van der Waals surface area contributed by atoms with Gasteiger partial charge >= 0.3 is 6.03 Å². The molecule has 0 bridgehead atoms. The maximum atomic E-state index is 12.6. The van der Waals surface area contributed by atoms with E-state index in [9.17, 15) is 18.7 Å². The highest BCUT2D eigenvalue weighted by molar-refractivity contribution is 8.24. The molecule has 8 nitrogen and oxygen atoms in total. The molecule has 4 rings (SSSR count). The lowest BCUT2D eigenvalue weighted by Crippen LogP contribution is -2.60. The van der Waals surface area contributed by atoms with Crippen LogP contribution in [0.4, 0.5) is 4.79 Å². The molecule has 3 aliphatic rings. The maximum Gasteiger partial charge on any atom is 0.315 e. The van der Waals surface area contributed by atoms with E-state index in [-0.39, 0.29) is 29.3 Å². The highest BCUT2D eigenvalue weighted by Crippen LogP contribution is 2.59. The summed E-state index contributed by atoms with van der Waals surface area (Å²) in [4.78, 5) is 26.6. The summed E-state index contributed by atoms with van der Waals surface area (Å²) >= 11 is 0. The van der Waals surface area contributed by atoms with Gasteiger partial charge in [-0.25, -0.2) is 4.79 Å². The van der Waals surface area contributed by atoms with Crippen molar-refractivity contribution in [2.24, 2.45) is 11.3 Å². The van der Waals surface area contributed by atoms with Crippen LogP contribution in [-0.2, 0) is 11.3 Å². The second kappa shape index (κ2) is 8.28. The van der Waals surface area contributed by atoms with Crippen molar-refractivity contribution in [3.8, 4) is 5.75 Å². The number of nitrogens with zero attached hydrogens (tertiary/aromatic N) is 1. The summed E-state index contributed by atoms with van der Waals surface area (Å²) in [7, 11) is -0.848. The fourth-order valence-electron chi connectivity index (χ4n) is 4.95. The maximum absolute atomic E-state index is 12.6. The molecular formula is C21H31N3O5S. The second-order valence-electron chi connectivity index (χ2n) is 8.92. The van der Waals surface area contributed by atoms with Crippen LogP contribution in [0.5, 0.6) is 5.75 Å². The minimum Gasteiger partial charge on any atom is -0.497 e. The lowest BCUT2D eigenvalue weighted by molar-refractivity contribution is -0.149. The molecule has 1 aromatic rings. The van der Waals surface area contributed by atoms with Crippen LogP contribution in [-0.4, -0.2) is 63.7 Å². The molecular weight excluding hydrogens is 406 g/mol. The monoisotopic (exact) mass is 437 g/mol. The van der Waals surface area contributed by atoms with Gasteiger partial charge in [-0.1, -0.05) is 12.1 Å². The van der Waals surface area contributed by atoms with Crippen molar-refractivity contribution in [3.63, 3.8) is 0 Å². The topological polar surface area (TPSA) is 111 Å². The molecule has 1 spiro atoms. The van der Waals surface area contributed by atoms with Crippen LogP contribution in [0.1, 0.15) is 31.2 Å². The first-order chi connectivity index (χ1) is 14.3. The zero-order chi connectivity index (χ0) is 21.4. The van der Waals surface area contributed by atoms with E-state index in [1.54, 1.807) is 12.0 Å². The number of nitrogens with one attached hydrogen (secondary N) is 2. The normalized spacial score (nSPS) is 30.6. The Bertz CT molecular complexity index is 776. The SMILES string of the molecule is COc1ccc(CNC(=O)NC2CC3(C2)CC(C(=O)N2CCS(O)(O)CC2)C3)cc1. The van der Waals surface area contributed by atoms with Gasteiger partial charge < -0.3 is 20.3 Å². The number of methoxy groups -OCH3 is 1. The number of hydrogen-bond acceptors (Lipinski definition) is 5. The molecule has 1 aromatic carbocycles. The Labute approximate surface area is 178 Å². The lowest BCUT2D eigenvalue weighted by atomic mass is 9.50. The van der Waals surface area contributed by atoms with Crippen LogP contribution in [0.15, 0.2) is 24.3 Å². The van der Waals surface area contributed by atoms with Gasteiger partial charge in [0.05, 0.1) is 18.6 Å². The van der Waals surface area contributed by atoms with E-state index in [1.165, 1.54) is 0 Å². The Morgan fingerprint density at radius 3 is 2.37 bits per heavy atom. The number of benzene rings is 1. The van der Waals surface area contributed by atoms with Crippen molar-refractivity contribution in [3.05, 3.63) is 29.8 Å². The average molecular weight is 438 g/mol. The predicted octanol–water partition coefficient (Wildman–Crippen LogP) is 2.65. The van der Waals surface area contributed by atoms with Gasteiger partial charge in [0.2, 0.25) is 5.91 Å². The van der Waals surface area contributed by atoms with E-state index >= 15 is 0 Å². The number of urea groups is 1. The van der Waals surface area contributed by atoms with Crippen LogP contribution < -0.4 is 15.4 Å². The molecule has 2 aliphatic carbocycles. The van der Waals surface area contributed by atoms with Gasteiger partial charge in [-0.3, -0.25) is 13.9 Å². The Morgan fingerprint density at radius 2 is 1.77 bits per heavy atom. The molecule has 3 amide bonds. The number of amides is 3. The smallest absolute Gasteiger partial charge is 0.315 e. The largest absolute Gasteiger partial charge is 0.497 e. The standard InChI is InChI=1S/C21H31N3O5S/c1-29-18-4-2-15(3-5-18)14-22-20(26)23-17-12-21(13-17)10-16(11-21)19(25)24-6-8-30(27,28)9-7-24/h2-5,16-17,27-28H,6-14H2,1H3,(H2,22,23,26). The third kappa shape index (κ3) is 4.68. The highest BCUT2D eigenvalue weighted by Gasteiger charge is 2.55. The first kappa shape index (κ1) is 21.3. The van der Waals surface area contributed by atoms with Crippen LogP contribution in [0.25, 0.3) is 0 Å². The summed E-state index contributed by atoms with van der Waals surface area (Å²) in [6, 6.07) is 7.59. The summed E-state index contributed by atoms with van der Waals surface area (Å²) in [6.07, 6.45) is 3.61. The number of rotatable bonds is 5. The Balaban J connectivity index is 1.13. The zero-order valence-corrected chi connectivity index (χ0v) is 18.1. The molecule has 0 unspecified atom stereocenters. The molecule has 0 atom stereocenters. The van der Waals surface area contributed by atoms with Crippen molar-refractivity contribution in [2.75, 3.05) is 31.7 Å². The third-order valence-corrected chi connectivity index (χ3v) is 8.37. The summed E-state index contributed by atoms with van der Waals surface area (Å²) in [6.45, 7) is 1.36.